The summed E-state index contributed by atoms with van der Waals surface area (Å²) in [5, 5.41) is 11.2. The Balaban J connectivity index is 1.72. The van der Waals surface area contributed by atoms with Gasteiger partial charge in [0.2, 0.25) is 5.91 Å². The monoisotopic (exact) mass is 637 g/mol. The van der Waals surface area contributed by atoms with E-state index in [1.807, 2.05) is 24.3 Å². The maximum Gasteiger partial charge on any atom is 0.303 e. The van der Waals surface area contributed by atoms with Gasteiger partial charge in [-0.2, -0.15) is 0 Å². The molecule has 0 bridgehead atoms. The van der Waals surface area contributed by atoms with Gasteiger partial charge in [-0.25, -0.2) is 4.68 Å². The van der Waals surface area contributed by atoms with E-state index in [2.05, 4.69) is 15.6 Å². The van der Waals surface area contributed by atoms with E-state index in [9.17, 15) is 14.4 Å². The Hall–Kier alpha value is -3.67. The first-order chi connectivity index (χ1) is 21.7. The maximum atomic E-state index is 12.2. The molecule has 1 unspecified atom stereocenters. The van der Waals surface area contributed by atoms with Crippen LogP contribution >= 0.6 is 0 Å². The molecule has 0 radical (unpaired) electrons. The Labute approximate surface area is 261 Å². The fraction of sp³-hybridized carbons (Fsp3) is 0.621. The number of methoxy groups -OCH3 is 1. The number of esters is 2. The summed E-state index contributed by atoms with van der Waals surface area (Å²) in [4.78, 5) is 36.5. The summed E-state index contributed by atoms with van der Waals surface area (Å²) in [7, 11) is 1.57. The number of ether oxygens (including phenoxy) is 8. The van der Waals surface area contributed by atoms with E-state index in [-0.39, 0.29) is 19.8 Å². The average Bonchev–Trinajstić information content (AvgIpc) is 3.47. The number of nitrogens with two attached hydrogens (primary N) is 1. The highest BCUT2D eigenvalue weighted by Gasteiger charge is 2.51. The lowest BCUT2D eigenvalue weighted by molar-refractivity contribution is -0.276. The third-order valence-electron chi connectivity index (χ3n) is 6.41. The Morgan fingerprint density at radius 3 is 2.20 bits per heavy atom. The van der Waals surface area contributed by atoms with Gasteiger partial charge in [-0.3, -0.25) is 14.4 Å². The lowest BCUT2D eigenvalue weighted by atomic mass is 9.95. The van der Waals surface area contributed by atoms with Crippen LogP contribution in [0.25, 0.3) is 11.3 Å². The molecule has 2 heterocycles. The molecular weight excluding hydrogens is 594 g/mol. The second kappa shape index (κ2) is 19.0. The number of rotatable bonds is 19. The van der Waals surface area contributed by atoms with Crippen molar-refractivity contribution in [2.45, 2.75) is 58.0 Å². The molecule has 3 rings (SSSR count). The van der Waals surface area contributed by atoms with Gasteiger partial charge in [0.25, 0.3) is 0 Å². The second-order valence-corrected chi connectivity index (χ2v) is 9.97. The molecule has 1 aromatic heterocycles. The van der Waals surface area contributed by atoms with Crippen molar-refractivity contribution in [1.29, 1.82) is 0 Å². The summed E-state index contributed by atoms with van der Waals surface area (Å²) in [5.41, 5.74) is 6.71. The van der Waals surface area contributed by atoms with Crippen molar-refractivity contribution in [3.8, 4) is 17.0 Å². The minimum atomic E-state index is -1.14. The molecule has 45 heavy (non-hydrogen) atoms. The van der Waals surface area contributed by atoms with Crippen LogP contribution in [-0.2, 0) is 54.1 Å². The second-order valence-electron chi connectivity index (χ2n) is 9.97. The molecule has 250 valence electrons. The van der Waals surface area contributed by atoms with Crippen LogP contribution in [0.4, 0.5) is 0 Å². The summed E-state index contributed by atoms with van der Waals surface area (Å²) in [6, 6.07) is 6.32. The predicted octanol–water partition coefficient (Wildman–Crippen LogP) is 0.0718. The summed E-state index contributed by atoms with van der Waals surface area (Å²) >= 11 is 0. The first-order valence-corrected chi connectivity index (χ1v) is 14.6. The van der Waals surface area contributed by atoms with Gasteiger partial charge in [-0.1, -0.05) is 17.3 Å². The minimum Gasteiger partial charge on any atom is -0.497 e. The third kappa shape index (κ3) is 12.0. The zero-order chi connectivity index (χ0) is 32.6. The molecule has 1 saturated heterocycles. The van der Waals surface area contributed by atoms with Gasteiger partial charge in [0, 0.05) is 32.9 Å². The number of aromatic nitrogens is 3. The van der Waals surface area contributed by atoms with Crippen LogP contribution < -0.4 is 15.8 Å². The molecule has 16 nitrogen and oxygen atoms in total. The number of carbonyl (C=O) groups excluding carboxylic acids is 3. The van der Waals surface area contributed by atoms with Gasteiger partial charge >= 0.3 is 11.9 Å². The van der Waals surface area contributed by atoms with Gasteiger partial charge in [0.05, 0.1) is 66.1 Å². The number of hydrogen-bond donors (Lipinski definition) is 2. The molecule has 1 aliphatic heterocycles. The standard InChI is InChI=1S/C29H43N5O11/c1-19(35)31-26-28(44-21(3)37)27(43-20(2)36)25(18-34-17-24(32-33-34)22-6-5-7-23(16-22)38-4)45-29(26)42-15-14-41-13-12-40-11-10-39-9-8-30/h5-7,16-17,25-29H,8-15,18,30H2,1-4H3,(H,31,35)/t25-,26-,27+,28-,29?/m1/s1. The first-order valence-electron chi connectivity index (χ1n) is 14.6. The third-order valence-corrected chi connectivity index (χ3v) is 6.41. The van der Waals surface area contributed by atoms with Crippen molar-refractivity contribution in [2.75, 3.05) is 59.9 Å². The van der Waals surface area contributed by atoms with Crippen LogP contribution in [0.1, 0.15) is 20.8 Å². The van der Waals surface area contributed by atoms with Crippen molar-refractivity contribution >= 4 is 17.8 Å². The van der Waals surface area contributed by atoms with Crippen LogP contribution in [0, 0.1) is 0 Å². The molecule has 0 aliphatic carbocycles. The molecular formula is C29H43N5O11. The van der Waals surface area contributed by atoms with Crippen molar-refractivity contribution in [1.82, 2.24) is 20.3 Å². The molecule has 3 N–H and O–H groups in total. The van der Waals surface area contributed by atoms with E-state index in [1.165, 1.54) is 25.5 Å². The summed E-state index contributed by atoms with van der Waals surface area (Å²) in [5.74, 6) is -1.06. The van der Waals surface area contributed by atoms with Crippen LogP contribution in [0.2, 0.25) is 0 Å². The Bertz CT molecular complexity index is 1210. The largest absolute Gasteiger partial charge is 0.497 e. The molecule has 1 aromatic carbocycles. The molecule has 16 heteroatoms. The van der Waals surface area contributed by atoms with Crippen molar-refractivity contribution in [3.63, 3.8) is 0 Å². The van der Waals surface area contributed by atoms with E-state index < -0.39 is 48.5 Å². The molecule has 0 saturated carbocycles. The smallest absolute Gasteiger partial charge is 0.303 e. The Morgan fingerprint density at radius 1 is 0.933 bits per heavy atom. The maximum absolute atomic E-state index is 12.2. The van der Waals surface area contributed by atoms with Crippen LogP contribution in [0.5, 0.6) is 5.75 Å². The number of nitrogens with one attached hydrogen (secondary N) is 1. The number of benzene rings is 1. The topological polar surface area (TPSA) is 194 Å². The highest BCUT2D eigenvalue weighted by molar-refractivity contribution is 5.73. The van der Waals surface area contributed by atoms with Gasteiger partial charge in [-0.15, -0.1) is 5.10 Å². The molecule has 1 aliphatic rings. The number of amides is 1. The van der Waals surface area contributed by atoms with Crippen LogP contribution in [0.15, 0.2) is 30.5 Å². The SMILES string of the molecule is COc1cccc(-c2cn(C[C@H]3OC(OCCOCCOCCOCCN)[C@H](NC(C)=O)[C@@H](OC(C)=O)[C@H]3OC(C)=O)nn2)c1. The lowest BCUT2D eigenvalue weighted by Crippen LogP contribution is -2.66. The van der Waals surface area contributed by atoms with Crippen molar-refractivity contribution in [2.24, 2.45) is 5.73 Å². The first kappa shape index (κ1) is 35.8. The fourth-order valence-electron chi connectivity index (χ4n) is 4.58. The summed E-state index contributed by atoms with van der Waals surface area (Å²) in [6.45, 7) is 6.51. The van der Waals surface area contributed by atoms with Gasteiger partial charge in [0.1, 0.15) is 23.6 Å². The van der Waals surface area contributed by atoms with E-state index in [1.54, 1.807) is 13.3 Å². The van der Waals surface area contributed by atoms with Gasteiger partial charge in [-0.05, 0) is 12.1 Å². The Morgan fingerprint density at radius 2 is 1.58 bits per heavy atom. The molecule has 5 atom stereocenters. The van der Waals surface area contributed by atoms with Crippen molar-refractivity contribution < 1.29 is 52.3 Å². The molecule has 1 amide bonds. The van der Waals surface area contributed by atoms with E-state index in [4.69, 9.17) is 43.6 Å². The molecule has 0 spiro atoms. The van der Waals surface area contributed by atoms with Gasteiger partial charge in [0.15, 0.2) is 18.5 Å². The van der Waals surface area contributed by atoms with E-state index >= 15 is 0 Å². The fourth-order valence-corrected chi connectivity index (χ4v) is 4.58. The highest BCUT2D eigenvalue weighted by atomic mass is 16.7. The lowest BCUT2D eigenvalue weighted by Gasteiger charge is -2.45. The van der Waals surface area contributed by atoms with Crippen LogP contribution in [0.3, 0.4) is 0 Å². The van der Waals surface area contributed by atoms with E-state index in [0.29, 0.717) is 51.0 Å². The molecule has 1 fully saturated rings. The normalized spacial score (nSPS) is 21.2. The Kier molecular flexibility index (Phi) is 15.1. The summed E-state index contributed by atoms with van der Waals surface area (Å²) < 4.78 is 46.5. The van der Waals surface area contributed by atoms with Gasteiger partial charge < -0.3 is 48.9 Å². The average molecular weight is 638 g/mol. The zero-order valence-corrected chi connectivity index (χ0v) is 26.0. The minimum absolute atomic E-state index is 0.0438. The highest BCUT2D eigenvalue weighted by Crippen LogP contribution is 2.29. The van der Waals surface area contributed by atoms with E-state index in [0.717, 1.165) is 5.56 Å². The van der Waals surface area contributed by atoms with Crippen LogP contribution in [-0.4, -0.2) is 123 Å². The predicted molar refractivity (Wildman–Crippen MR) is 157 cm³/mol. The number of carbonyl (C=O) groups is 3. The number of nitrogens with zero attached hydrogens (tertiary/aromatic N) is 3. The quantitative estimate of drug-likeness (QED) is 0.155. The summed E-state index contributed by atoms with van der Waals surface area (Å²) in [6.07, 6.45) is -2.58. The zero-order valence-electron chi connectivity index (χ0n) is 26.0. The van der Waals surface area contributed by atoms with Crippen molar-refractivity contribution in [3.05, 3.63) is 30.5 Å². The number of hydrogen-bond acceptors (Lipinski definition) is 14. The molecule has 2 aromatic rings.